The first-order valence-corrected chi connectivity index (χ1v) is 5.89. The van der Waals surface area contributed by atoms with E-state index >= 15 is 0 Å². The summed E-state index contributed by atoms with van der Waals surface area (Å²) in [6.07, 6.45) is 0.852. The van der Waals surface area contributed by atoms with Gasteiger partial charge < -0.3 is 4.57 Å². The number of rotatable bonds is 2. The highest BCUT2D eigenvalue weighted by Crippen LogP contribution is 2.25. The molecule has 88 valence electrons. The third-order valence-electron chi connectivity index (χ3n) is 2.70. The molecule has 0 radical (unpaired) electrons. The van der Waals surface area contributed by atoms with Gasteiger partial charge in [-0.15, -0.1) is 0 Å². The lowest BCUT2D eigenvalue weighted by atomic mass is 10.2. The number of hydrogen-bond acceptors (Lipinski definition) is 1. The zero-order valence-corrected chi connectivity index (χ0v) is 11.0. The van der Waals surface area contributed by atoms with Crippen LogP contribution in [0.15, 0.2) is 24.3 Å². The monoisotopic (exact) mass is 267 g/mol. The predicted octanol–water partition coefficient (Wildman–Crippen LogP) is 4.21. The summed E-state index contributed by atoms with van der Waals surface area (Å²) in [5.41, 5.74) is 3.41. The summed E-state index contributed by atoms with van der Waals surface area (Å²) in [5, 5.41) is 1.15. The molecule has 0 aliphatic heterocycles. The number of nitrogens with zero attached hydrogens (tertiary/aromatic N) is 1. The molecule has 0 spiro atoms. The van der Waals surface area contributed by atoms with Crippen molar-refractivity contribution < 1.29 is 4.79 Å². The van der Waals surface area contributed by atoms with E-state index in [1.54, 1.807) is 6.07 Å². The molecule has 0 fully saturated rings. The van der Waals surface area contributed by atoms with Gasteiger partial charge >= 0.3 is 0 Å². The summed E-state index contributed by atoms with van der Waals surface area (Å²) >= 11 is 12.0. The van der Waals surface area contributed by atoms with Crippen LogP contribution < -0.4 is 0 Å². The molecule has 2 rings (SSSR count). The Kier molecular flexibility index (Phi) is 3.27. The second-order valence-electron chi connectivity index (χ2n) is 3.91. The maximum absolute atomic E-state index is 10.9. The van der Waals surface area contributed by atoms with E-state index in [1.807, 2.05) is 36.6 Å². The van der Waals surface area contributed by atoms with Crippen LogP contribution in [0.1, 0.15) is 21.7 Å². The molecule has 0 atom stereocenters. The molecular weight excluding hydrogens is 257 g/mol. The number of carbonyl (C=O) groups excluding carboxylic acids is 1. The second kappa shape index (κ2) is 4.55. The Balaban J connectivity index is 2.67. The van der Waals surface area contributed by atoms with Crippen molar-refractivity contribution in [3.8, 4) is 5.69 Å². The predicted molar refractivity (Wildman–Crippen MR) is 70.7 cm³/mol. The summed E-state index contributed by atoms with van der Waals surface area (Å²) in [7, 11) is 0. The molecular formula is C13H11Cl2NO. The molecule has 0 saturated carbocycles. The molecule has 17 heavy (non-hydrogen) atoms. The van der Waals surface area contributed by atoms with Crippen molar-refractivity contribution in [2.45, 2.75) is 13.8 Å². The topological polar surface area (TPSA) is 22.0 Å². The van der Waals surface area contributed by atoms with E-state index in [4.69, 9.17) is 23.2 Å². The lowest BCUT2D eigenvalue weighted by molar-refractivity contribution is 0.112. The lowest BCUT2D eigenvalue weighted by Gasteiger charge is -2.10. The van der Waals surface area contributed by atoms with Crippen molar-refractivity contribution in [1.29, 1.82) is 0 Å². The zero-order chi connectivity index (χ0) is 12.6. The molecule has 0 bridgehead atoms. The summed E-state index contributed by atoms with van der Waals surface area (Å²) in [6, 6.07) is 7.17. The van der Waals surface area contributed by atoms with Gasteiger partial charge in [0.25, 0.3) is 0 Å². The van der Waals surface area contributed by atoms with E-state index in [0.29, 0.717) is 15.6 Å². The molecule has 0 aliphatic rings. The smallest absolute Gasteiger partial charge is 0.151 e. The molecule has 0 aliphatic carbocycles. The van der Waals surface area contributed by atoms with Crippen LogP contribution in [0.3, 0.4) is 0 Å². The highest BCUT2D eigenvalue weighted by Gasteiger charge is 2.10. The fourth-order valence-electron chi connectivity index (χ4n) is 1.97. The second-order valence-corrected chi connectivity index (χ2v) is 4.78. The van der Waals surface area contributed by atoms with E-state index in [1.165, 1.54) is 0 Å². The van der Waals surface area contributed by atoms with Gasteiger partial charge in [-0.25, -0.2) is 0 Å². The number of hydrogen-bond donors (Lipinski definition) is 0. The first kappa shape index (κ1) is 12.2. The summed E-state index contributed by atoms with van der Waals surface area (Å²) in [5.74, 6) is 0. The maximum Gasteiger partial charge on any atom is 0.151 e. The minimum absolute atomic E-state index is 0.577. The van der Waals surface area contributed by atoms with Gasteiger partial charge in [0.1, 0.15) is 0 Å². The van der Waals surface area contributed by atoms with Gasteiger partial charge in [0.2, 0.25) is 0 Å². The number of benzene rings is 1. The Morgan fingerprint density at radius 2 is 1.65 bits per heavy atom. The Bertz CT molecular complexity index is 567. The summed E-state index contributed by atoms with van der Waals surface area (Å²) in [6.45, 7) is 3.83. The van der Waals surface area contributed by atoms with Gasteiger partial charge in [0, 0.05) is 32.7 Å². The van der Waals surface area contributed by atoms with Gasteiger partial charge in [0.05, 0.1) is 0 Å². The van der Waals surface area contributed by atoms with Crippen molar-refractivity contribution in [1.82, 2.24) is 4.57 Å². The Morgan fingerprint density at radius 1 is 1.06 bits per heavy atom. The number of aryl methyl sites for hydroxylation is 1. The van der Waals surface area contributed by atoms with E-state index < -0.39 is 0 Å². The number of aldehydes is 1. The van der Waals surface area contributed by atoms with Crippen LogP contribution in [-0.2, 0) is 0 Å². The van der Waals surface area contributed by atoms with Crippen LogP contribution >= 0.6 is 23.2 Å². The standard InChI is InChI=1S/C13H11Cl2NO/c1-8-3-10(7-17)9(2)16(8)13-5-11(14)4-12(15)6-13/h3-7H,1-2H3. The average Bonchev–Trinajstić information content (AvgIpc) is 2.52. The minimum Gasteiger partial charge on any atom is -0.318 e. The van der Waals surface area contributed by atoms with Gasteiger partial charge in [-0.3, -0.25) is 4.79 Å². The van der Waals surface area contributed by atoms with E-state index in [2.05, 4.69) is 0 Å². The SMILES string of the molecule is Cc1cc(C=O)c(C)n1-c1cc(Cl)cc(Cl)c1. The fourth-order valence-corrected chi connectivity index (χ4v) is 2.49. The molecule has 4 heteroatoms. The van der Waals surface area contributed by atoms with E-state index in [9.17, 15) is 4.79 Å². The molecule has 0 saturated heterocycles. The van der Waals surface area contributed by atoms with Gasteiger partial charge in [-0.2, -0.15) is 0 Å². The molecule has 2 aromatic rings. The number of halogens is 2. The minimum atomic E-state index is 0.577. The van der Waals surface area contributed by atoms with Crippen LogP contribution in [0.2, 0.25) is 10.0 Å². The molecule has 0 amide bonds. The third kappa shape index (κ3) is 2.24. The highest BCUT2D eigenvalue weighted by atomic mass is 35.5. The molecule has 1 heterocycles. The van der Waals surface area contributed by atoms with Crippen LogP contribution in [0.5, 0.6) is 0 Å². The van der Waals surface area contributed by atoms with Crippen LogP contribution in [0, 0.1) is 13.8 Å². The summed E-state index contributed by atoms with van der Waals surface area (Å²) < 4.78 is 1.96. The van der Waals surface area contributed by atoms with E-state index in [0.717, 1.165) is 23.4 Å². The largest absolute Gasteiger partial charge is 0.318 e. The van der Waals surface area contributed by atoms with E-state index in [-0.39, 0.29) is 0 Å². The first-order valence-electron chi connectivity index (χ1n) is 5.13. The lowest BCUT2D eigenvalue weighted by Crippen LogP contribution is -1.99. The molecule has 1 aromatic carbocycles. The van der Waals surface area contributed by atoms with Crippen molar-refractivity contribution in [3.63, 3.8) is 0 Å². The Hall–Kier alpha value is -1.25. The number of aromatic nitrogens is 1. The van der Waals surface area contributed by atoms with Crippen molar-refractivity contribution >= 4 is 29.5 Å². The quantitative estimate of drug-likeness (QED) is 0.747. The zero-order valence-electron chi connectivity index (χ0n) is 9.50. The molecule has 2 nitrogen and oxygen atoms in total. The van der Waals surface area contributed by atoms with Crippen LogP contribution in [-0.4, -0.2) is 10.9 Å². The highest BCUT2D eigenvalue weighted by molar-refractivity contribution is 6.34. The van der Waals surface area contributed by atoms with Crippen molar-refractivity contribution in [2.75, 3.05) is 0 Å². The number of carbonyl (C=O) groups is 1. The fraction of sp³-hybridized carbons (Fsp3) is 0.154. The van der Waals surface area contributed by atoms with Crippen molar-refractivity contribution in [2.24, 2.45) is 0 Å². The van der Waals surface area contributed by atoms with Gasteiger partial charge in [-0.1, -0.05) is 23.2 Å². The van der Waals surface area contributed by atoms with Gasteiger partial charge in [0.15, 0.2) is 6.29 Å². The van der Waals surface area contributed by atoms with Crippen LogP contribution in [0.4, 0.5) is 0 Å². The van der Waals surface area contributed by atoms with Crippen LogP contribution in [0.25, 0.3) is 5.69 Å². The Labute approximate surface area is 110 Å². The average molecular weight is 268 g/mol. The van der Waals surface area contributed by atoms with Gasteiger partial charge in [-0.05, 0) is 38.1 Å². The molecule has 0 N–H and O–H groups in total. The molecule has 0 unspecified atom stereocenters. The first-order chi connectivity index (χ1) is 8.02. The van der Waals surface area contributed by atoms with Crippen molar-refractivity contribution in [3.05, 3.63) is 51.3 Å². The normalized spacial score (nSPS) is 10.6. The Morgan fingerprint density at radius 3 is 2.12 bits per heavy atom. The third-order valence-corrected chi connectivity index (χ3v) is 3.14. The maximum atomic E-state index is 10.9. The summed E-state index contributed by atoms with van der Waals surface area (Å²) in [4.78, 5) is 10.9. The molecule has 1 aromatic heterocycles.